The highest BCUT2D eigenvalue weighted by Crippen LogP contribution is 2.26. The van der Waals surface area contributed by atoms with Crippen molar-refractivity contribution >= 4 is 17.0 Å². The molecule has 1 heterocycles. The van der Waals surface area contributed by atoms with Gasteiger partial charge in [-0.25, -0.2) is 0 Å². The number of benzene rings is 1. The standard InChI is InChI=1S/C16H19NS/c1-11-8-15(12(2)18-11)10-17-16-7-6-13-4-3-5-14(13)9-16/h6-9,17H,3-5,10H2,1-2H3. The summed E-state index contributed by atoms with van der Waals surface area (Å²) in [5, 5.41) is 3.55. The lowest BCUT2D eigenvalue weighted by Crippen LogP contribution is -2.00. The molecule has 0 aliphatic heterocycles. The van der Waals surface area contributed by atoms with Crippen LogP contribution in [-0.4, -0.2) is 0 Å². The summed E-state index contributed by atoms with van der Waals surface area (Å²) in [4.78, 5) is 2.83. The van der Waals surface area contributed by atoms with Gasteiger partial charge in [0.1, 0.15) is 0 Å². The SMILES string of the molecule is Cc1cc(CNc2ccc3c(c2)CCC3)c(C)s1. The summed E-state index contributed by atoms with van der Waals surface area (Å²) >= 11 is 1.88. The van der Waals surface area contributed by atoms with E-state index in [-0.39, 0.29) is 0 Å². The van der Waals surface area contributed by atoms with Crippen LogP contribution in [0.25, 0.3) is 0 Å². The van der Waals surface area contributed by atoms with Gasteiger partial charge in [0.15, 0.2) is 0 Å². The number of rotatable bonds is 3. The van der Waals surface area contributed by atoms with Gasteiger partial charge in [-0.2, -0.15) is 0 Å². The molecule has 0 radical (unpaired) electrons. The molecule has 0 fully saturated rings. The minimum Gasteiger partial charge on any atom is -0.381 e. The van der Waals surface area contributed by atoms with Crippen molar-refractivity contribution in [3.8, 4) is 0 Å². The summed E-state index contributed by atoms with van der Waals surface area (Å²) in [6, 6.07) is 9.13. The molecular formula is C16H19NS. The van der Waals surface area contributed by atoms with Crippen molar-refractivity contribution in [1.82, 2.24) is 0 Å². The Bertz CT molecular complexity index is 568. The van der Waals surface area contributed by atoms with E-state index in [0.717, 1.165) is 6.54 Å². The number of fused-ring (bicyclic) bond motifs is 1. The molecule has 1 nitrogen and oxygen atoms in total. The van der Waals surface area contributed by atoms with E-state index in [9.17, 15) is 0 Å². The number of thiophene rings is 1. The van der Waals surface area contributed by atoms with E-state index in [1.807, 2.05) is 11.3 Å². The van der Waals surface area contributed by atoms with E-state index < -0.39 is 0 Å². The first-order valence-electron chi connectivity index (χ1n) is 6.64. The molecular weight excluding hydrogens is 238 g/mol. The van der Waals surface area contributed by atoms with E-state index in [1.54, 1.807) is 11.1 Å². The second-order valence-electron chi connectivity index (χ2n) is 5.13. The Hall–Kier alpha value is -1.28. The third kappa shape index (κ3) is 2.30. The summed E-state index contributed by atoms with van der Waals surface area (Å²) in [6.07, 6.45) is 3.83. The van der Waals surface area contributed by atoms with Crippen LogP contribution in [0.3, 0.4) is 0 Å². The molecule has 0 saturated heterocycles. The van der Waals surface area contributed by atoms with E-state index in [2.05, 4.69) is 43.4 Å². The molecule has 2 aromatic rings. The molecule has 2 heteroatoms. The number of anilines is 1. The second kappa shape index (κ2) is 4.77. The Morgan fingerprint density at radius 3 is 2.72 bits per heavy atom. The van der Waals surface area contributed by atoms with Crippen LogP contribution < -0.4 is 5.32 Å². The van der Waals surface area contributed by atoms with Crippen LogP contribution >= 0.6 is 11.3 Å². The zero-order valence-electron chi connectivity index (χ0n) is 11.0. The average Bonchev–Trinajstić information content (AvgIpc) is 2.92. The smallest absolute Gasteiger partial charge is 0.0411 e. The summed E-state index contributed by atoms with van der Waals surface area (Å²) in [5.41, 5.74) is 5.78. The Kier molecular flexibility index (Phi) is 3.13. The monoisotopic (exact) mass is 257 g/mol. The Labute approximate surface area is 113 Å². The molecule has 18 heavy (non-hydrogen) atoms. The van der Waals surface area contributed by atoms with Gasteiger partial charge >= 0.3 is 0 Å². The van der Waals surface area contributed by atoms with Crippen molar-refractivity contribution in [2.45, 2.75) is 39.7 Å². The van der Waals surface area contributed by atoms with Gasteiger partial charge in [-0.15, -0.1) is 11.3 Å². The molecule has 0 atom stereocenters. The van der Waals surface area contributed by atoms with E-state index in [4.69, 9.17) is 0 Å². The summed E-state index contributed by atoms with van der Waals surface area (Å²) in [7, 11) is 0. The Morgan fingerprint density at radius 2 is 1.94 bits per heavy atom. The van der Waals surface area contributed by atoms with E-state index in [0.29, 0.717) is 0 Å². The van der Waals surface area contributed by atoms with Gasteiger partial charge in [0.2, 0.25) is 0 Å². The molecule has 3 rings (SSSR count). The fourth-order valence-corrected chi connectivity index (χ4v) is 3.68. The second-order valence-corrected chi connectivity index (χ2v) is 6.59. The van der Waals surface area contributed by atoms with Crippen LogP contribution in [0, 0.1) is 13.8 Å². The van der Waals surface area contributed by atoms with Crippen LogP contribution in [0.5, 0.6) is 0 Å². The molecule has 0 unspecified atom stereocenters. The third-order valence-corrected chi connectivity index (χ3v) is 4.73. The van der Waals surface area contributed by atoms with E-state index >= 15 is 0 Å². The zero-order valence-corrected chi connectivity index (χ0v) is 11.9. The predicted molar refractivity (Wildman–Crippen MR) is 79.6 cm³/mol. The molecule has 94 valence electrons. The first-order chi connectivity index (χ1) is 8.72. The quantitative estimate of drug-likeness (QED) is 0.855. The maximum absolute atomic E-state index is 3.55. The number of aryl methyl sites for hydroxylation is 4. The van der Waals surface area contributed by atoms with Gasteiger partial charge in [0.25, 0.3) is 0 Å². The Balaban J connectivity index is 1.72. The number of hydrogen-bond acceptors (Lipinski definition) is 2. The largest absolute Gasteiger partial charge is 0.381 e. The minimum absolute atomic E-state index is 0.939. The highest BCUT2D eigenvalue weighted by Gasteiger charge is 2.10. The van der Waals surface area contributed by atoms with Crippen molar-refractivity contribution in [2.75, 3.05) is 5.32 Å². The third-order valence-electron chi connectivity index (χ3n) is 3.73. The van der Waals surface area contributed by atoms with Crippen molar-refractivity contribution < 1.29 is 0 Å². The molecule has 1 aromatic heterocycles. The fraction of sp³-hybridized carbons (Fsp3) is 0.375. The fourth-order valence-electron chi connectivity index (χ4n) is 2.74. The topological polar surface area (TPSA) is 12.0 Å². The molecule has 0 bridgehead atoms. The molecule has 0 saturated carbocycles. The molecule has 1 N–H and O–H groups in total. The molecule has 1 aliphatic rings. The minimum atomic E-state index is 0.939. The normalized spacial score (nSPS) is 13.7. The summed E-state index contributed by atoms with van der Waals surface area (Å²) < 4.78 is 0. The molecule has 0 amide bonds. The van der Waals surface area contributed by atoms with Crippen molar-refractivity contribution in [1.29, 1.82) is 0 Å². The maximum atomic E-state index is 3.55. The van der Waals surface area contributed by atoms with Crippen LogP contribution in [0.2, 0.25) is 0 Å². The van der Waals surface area contributed by atoms with Gasteiger partial charge in [-0.1, -0.05) is 6.07 Å². The van der Waals surface area contributed by atoms with Crippen LogP contribution in [0.1, 0.15) is 32.9 Å². The maximum Gasteiger partial charge on any atom is 0.0411 e. The first-order valence-corrected chi connectivity index (χ1v) is 7.45. The van der Waals surface area contributed by atoms with Gasteiger partial charge < -0.3 is 5.32 Å². The molecule has 0 spiro atoms. The summed E-state index contributed by atoms with van der Waals surface area (Å²) in [6.45, 7) is 5.32. The predicted octanol–water partition coefficient (Wildman–Crippen LogP) is 4.47. The van der Waals surface area contributed by atoms with Crippen molar-refractivity contribution in [3.05, 3.63) is 50.7 Å². The van der Waals surface area contributed by atoms with Gasteiger partial charge in [0, 0.05) is 22.0 Å². The van der Waals surface area contributed by atoms with E-state index in [1.165, 1.54) is 40.3 Å². The highest BCUT2D eigenvalue weighted by atomic mass is 32.1. The van der Waals surface area contributed by atoms with Crippen LogP contribution in [0.15, 0.2) is 24.3 Å². The zero-order chi connectivity index (χ0) is 12.5. The number of nitrogens with one attached hydrogen (secondary N) is 1. The Morgan fingerprint density at radius 1 is 1.11 bits per heavy atom. The van der Waals surface area contributed by atoms with Crippen molar-refractivity contribution in [2.24, 2.45) is 0 Å². The van der Waals surface area contributed by atoms with Crippen molar-refractivity contribution in [3.63, 3.8) is 0 Å². The van der Waals surface area contributed by atoms with Gasteiger partial charge in [-0.05, 0) is 68.0 Å². The molecule has 1 aliphatic carbocycles. The van der Waals surface area contributed by atoms with Gasteiger partial charge in [-0.3, -0.25) is 0 Å². The summed E-state index contributed by atoms with van der Waals surface area (Å²) in [5.74, 6) is 0. The molecule has 1 aromatic carbocycles. The lowest BCUT2D eigenvalue weighted by Gasteiger charge is -2.08. The van der Waals surface area contributed by atoms with Crippen LogP contribution in [0.4, 0.5) is 5.69 Å². The van der Waals surface area contributed by atoms with Gasteiger partial charge in [0.05, 0.1) is 0 Å². The average molecular weight is 257 g/mol. The highest BCUT2D eigenvalue weighted by molar-refractivity contribution is 7.12. The lowest BCUT2D eigenvalue weighted by molar-refractivity contribution is 0.912. The number of hydrogen-bond donors (Lipinski definition) is 1. The lowest BCUT2D eigenvalue weighted by atomic mass is 10.1. The first kappa shape index (κ1) is 11.8. The van der Waals surface area contributed by atoms with Crippen LogP contribution in [-0.2, 0) is 19.4 Å².